The van der Waals surface area contributed by atoms with Crippen molar-refractivity contribution in [3.8, 4) is 16.9 Å². The SMILES string of the molecule is CN=CC1=C(SCC(=O)Nc2ccc([N+](=O)[O-])cc2)NC(C)=C(C(=O)Nc2cccc(-c3ccc(C(CC(=O)N4CCN(c5ccc(OC)cc5)CC4)c4ccccc4)cc3)c2C)C1c1cccs1. The molecule has 1 saturated heterocycles. The summed E-state index contributed by atoms with van der Waals surface area (Å²) in [5, 5.41) is 23.2. The number of anilines is 3. The van der Waals surface area contributed by atoms with Crippen LogP contribution in [0.5, 0.6) is 5.75 Å². The lowest BCUT2D eigenvalue weighted by atomic mass is 9.86. The van der Waals surface area contributed by atoms with Crippen LogP contribution in [0.3, 0.4) is 0 Å². The van der Waals surface area contributed by atoms with Crippen molar-refractivity contribution in [3.63, 3.8) is 0 Å². The zero-order valence-corrected chi connectivity index (χ0v) is 40.4. The largest absolute Gasteiger partial charge is 0.497 e. The molecule has 2 atom stereocenters. The fraction of sp³-hybridized carbons (Fsp3) is 0.222. The lowest BCUT2D eigenvalue weighted by molar-refractivity contribution is -0.384. The molecule has 0 spiro atoms. The highest BCUT2D eigenvalue weighted by atomic mass is 32.2. The molecule has 13 nitrogen and oxygen atoms in total. The van der Waals surface area contributed by atoms with E-state index in [0.717, 1.165) is 62.8 Å². The number of hydrogen-bond acceptors (Lipinski definition) is 11. The molecule has 3 amide bonds. The smallest absolute Gasteiger partial charge is 0.269 e. The van der Waals surface area contributed by atoms with E-state index in [-0.39, 0.29) is 35.1 Å². The molecule has 2 aliphatic rings. The summed E-state index contributed by atoms with van der Waals surface area (Å²) >= 11 is 2.82. The molecule has 3 N–H and O–H groups in total. The Hall–Kier alpha value is -7.49. The fourth-order valence-electron chi connectivity index (χ4n) is 8.85. The van der Waals surface area contributed by atoms with E-state index in [4.69, 9.17) is 4.74 Å². The summed E-state index contributed by atoms with van der Waals surface area (Å²) in [6, 6.07) is 42.2. The van der Waals surface area contributed by atoms with Gasteiger partial charge in [-0.15, -0.1) is 11.3 Å². The molecular formula is C54H53N7O6S2. The number of nitro groups is 1. The Morgan fingerprint density at radius 1 is 0.870 bits per heavy atom. The number of carbonyl (C=O) groups is 3. The van der Waals surface area contributed by atoms with Crippen molar-refractivity contribution in [2.75, 3.05) is 61.6 Å². The van der Waals surface area contributed by atoms with E-state index in [1.807, 2.05) is 84.8 Å². The van der Waals surface area contributed by atoms with Crippen LogP contribution in [0.15, 0.2) is 166 Å². The van der Waals surface area contributed by atoms with Gasteiger partial charge in [0.05, 0.1) is 28.7 Å². The summed E-state index contributed by atoms with van der Waals surface area (Å²) < 4.78 is 5.33. The van der Waals surface area contributed by atoms with Gasteiger partial charge in [-0.3, -0.25) is 29.5 Å². The Bertz CT molecular complexity index is 2890. The van der Waals surface area contributed by atoms with Gasteiger partial charge in [0.15, 0.2) is 0 Å². The topological polar surface area (TPSA) is 159 Å². The summed E-state index contributed by atoms with van der Waals surface area (Å²) in [6.45, 7) is 6.68. The molecular weight excluding hydrogens is 907 g/mol. The first kappa shape index (κ1) is 48.0. The first-order chi connectivity index (χ1) is 33.5. The van der Waals surface area contributed by atoms with Crippen molar-refractivity contribution in [1.82, 2.24) is 10.2 Å². The number of nitrogens with one attached hydrogen (secondary N) is 3. The quantitative estimate of drug-likeness (QED) is 0.0488. The summed E-state index contributed by atoms with van der Waals surface area (Å²) in [7, 11) is 3.33. The molecule has 69 heavy (non-hydrogen) atoms. The molecule has 0 saturated carbocycles. The van der Waals surface area contributed by atoms with Crippen molar-refractivity contribution < 1.29 is 24.0 Å². The number of hydrogen-bond donors (Lipinski definition) is 3. The first-order valence-electron chi connectivity index (χ1n) is 22.6. The number of nitrogens with zero attached hydrogens (tertiary/aromatic N) is 4. The average Bonchev–Trinajstić information content (AvgIpc) is 3.92. The van der Waals surface area contributed by atoms with Gasteiger partial charge in [-0.05, 0) is 95.6 Å². The Balaban J connectivity index is 0.971. The van der Waals surface area contributed by atoms with Crippen molar-refractivity contribution in [2.45, 2.75) is 32.1 Å². The highest BCUT2D eigenvalue weighted by Crippen LogP contribution is 2.43. The van der Waals surface area contributed by atoms with Crippen LogP contribution in [0.2, 0.25) is 0 Å². The van der Waals surface area contributed by atoms with Gasteiger partial charge in [-0.1, -0.05) is 84.6 Å². The lowest BCUT2D eigenvalue weighted by Gasteiger charge is -2.36. The van der Waals surface area contributed by atoms with Crippen molar-refractivity contribution in [3.05, 3.63) is 192 Å². The van der Waals surface area contributed by atoms with Gasteiger partial charge >= 0.3 is 0 Å². The average molecular weight is 960 g/mol. The minimum absolute atomic E-state index is 0.0363. The molecule has 8 rings (SSSR count). The third-order valence-corrected chi connectivity index (χ3v) is 14.4. The van der Waals surface area contributed by atoms with Gasteiger partial charge in [0.2, 0.25) is 11.8 Å². The number of allylic oxidation sites excluding steroid dienone is 2. The number of nitro benzene ring substituents is 1. The molecule has 352 valence electrons. The van der Waals surface area contributed by atoms with E-state index in [2.05, 4.69) is 74.4 Å². The van der Waals surface area contributed by atoms with E-state index in [1.165, 1.54) is 47.4 Å². The molecule has 3 heterocycles. The Morgan fingerprint density at radius 2 is 1.58 bits per heavy atom. The van der Waals surface area contributed by atoms with E-state index >= 15 is 0 Å². The number of aliphatic imine (C=N–C) groups is 1. The number of thiophene rings is 1. The van der Waals surface area contributed by atoms with Crippen LogP contribution in [0, 0.1) is 17.0 Å². The molecule has 0 bridgehead atoms. The number of piperazine rings is 1. The van der Waals surface area contributed by atoms with Gasteiger partial charge < -0.3 is 30.5 Å². The molecule has 6 aromatic rings. The third-order valence-electron chi connectivity index (χ3n) is 12.5. The number of rotatable bonds is 16. The van der Waals surface area contributed by atoms with Crippen LogP contribution in [-0.4, -0.2) is 79.8 Å². The molecule has 1 aromatic heterocycles. The normalized spacial score (nSPS) is 15.4. The molecule has 0 radical (unpaired) electrons. The van der Waals surface area contributed by atoms with E-state index in [9.17, 15) is 24.5 Å². The lowest BCUT2D eigenvalue weighted by Crippen LogP contribution is -2.49. The number of benzene rings is 5. The van der Waals surface area contributed by atoms with Gasteiger partial charge in [0, 0.05) is 103 Å². The Labute approximate surface area is 410 Å². The summed E-state index contributed by atoms with van der Waals surface area (Å²) in [5.74, 6) is -0.185. The highest BCUT2D eigenvalue weighted by molar-refractivity contribution is 8.03. The number of thioether (sulfide) groups is 1. The zero-order chi connectivity index (χ0) is 48.4. The van der Waals surface area contributed by atoms with Gasteiger partial charge in [0.1, 0.15) is 5.75 Å². The molecule has 0 aliphatic carbocycles. The molecule has 2 unspecified atom stereocenters. The maximum atomic E-state index is 14.6. The van der Waals surface area contributed by atoms with Gasteiger partial charge in [-0.2, -0.15) is 0 Å². The van der Waals surface area contributed by atoms with Gasteiger partial charge in [0.25, 0.3) is 11.6 Å². The van der Waals surface area contributed by atoms with Crippen LogP contribution < -0.4 is 25.6 Å². The van der Waals surface area contributed by atoms with E-state index in [0.29, 0.717) is 47.2 Å². The predicted molar refractivity (Wildman–Crippen MR) is 278 cm³/mol. The molecule has 5 aromatic carbocycles. The minimum atomic E-state index is -0.491. The predicted octanol–water partition coefficient (Wildman–Crippen LogP) is 10.4. The standard InChI is InChI=1S/C54H53N7O6S2/c1-35-44(38-15-17-39(18-16-38)45(37-10-6-5-7-11-37)32-50(63)60-29-27-59(28-30-60)41-23-25-43(67-4)26-24-41)12-8-13-47(35)58-53(64)51-36(2)56-54(46(33-55-3)52(51)48-14-9-31-68-48)69-34-49(62)57-40-19-21-42(22-20-40)61(65)66/h5-26,31,33,45,52,56H,27-30,32,34H2,1-4H3,(H,57,62)(H,58,64). The number of amides is 3. The fourth-order valence-corrected chi connectivity index (χ4v) is 10.6. The van der Waals surface area contributed by atoms with Crippen LogP contribution in [-0.2, 0) is 14.4 Å². The molecule has 1 fully saturated rings. The second-order valence-corrected chi connectivity index (χ2v) is 18.7. The monoisotopic (exact) mass is 959 g/mol. The second kappa shape index (κ2) is 22.1. The highest BCUT2D eigenvalue weighted by Gasteiger charge is 2.35. The summed E-state index contributed by atoms with van der Waals surface area (Å²) in [6.07, 6.45) is 2.08. The van der Waals surface area contributed by atoms with Crippen LogP contribution >= 0.6 is 23.1 Å². The minimum Gasteiger partial charge on any atom is -0.497 e. The number of ether oxygens (including phenoxy) is 1. The van der Waals surface area contributed by atoms with Crippen LogP contribution in [0.4, 0.5) is 22.7 Å². The van der Waals surface area contributed by atoms with E-state index in [1.54, 1.807) is 20.4 Å². The number of carbonyl (C=O) groups excluding carboxylic acids is 3. The first-order valence-corrected chi connectivity index (χ1v) is 24.5. The number of non-ortho nitro benzene ring substituents is 1. The van der Waals surface area contributed by atoms with Crippen molar-refractivity contribution in [2.24, 2.45) is 4.99 Å². The number of methoxy groups -OCH3 is 1. The maximum Gasteiger partial charge on any atom is 0.269 e. The number of dihydropyridines is 1. The second-order valence-electron chi connectivity index (χ2n) is 16.7. The third kappa shape index (κ3) is 11.3. The van der Waals surface area contributed by atoms with E-state index < -0.39 is 10.8 Å². The Kier molecular flexibility index (Phi) is 15.4. The van der Waals surface area contributed by atoms with Crippen LogP contribution in [0.25, 0.3) is 11.1 Å². The molecule has 2 aliphatic heterocycles. The maximum absolute atomic E-state index is 14.6. The summed E-state index contributed by atoms with van der Waals surface area (Å²) in [5.41, 5.74) is 9.07. The molecule has 15 heteroatoms. The van der Waals surface area contributed by atoms with Crippen molar-refractivity contribution in [1.29, 1.82) is 0 Å². The zero-order valence-electron chi connectivity index (χ0n) is 38.8. The van der Waals surface area contributed by atoms with Gasteiger partial charge in [-0.25, -0.2) is 0 Å². The van der Waals surface area contributed by atoms with Crippen molar-refractivity contribution >= 4 is 69.8 Å². The van der Waals surface area contributed by atoms with Crippen LogP contribution in [0.1, 0.15) is 46.7 Å². The Morgan fingerprint density at radius 3 is 2.23 bits per heavy atom. The summed E-state index contributed by atoms with van der Waals surface area (Å²) in [4.78, 5) is 61.9.